The average Bonchev–Trinajstić information content (AvgIpc) is 2.66. The highest BCUT2D eigenvalue weighted by molar-refractivity contribution is 5.92. The molecule has 26 heavy (non-hydrogen) atoms. The van der Waals surface area contributed by atoms with Crippen molar-refractivity contribution in [1.82, 2.24) is 20.1 Å². The number of aryl methyl sites for hydroxylation is 1. The zero-order valence-electron chi connectivity index (χ0n) is 14.4. The molecule has 3 rings (SSSR count). The molecule has 1 N–H and O–H groups in total. The molecule has 134 valence electrons. The maximum absolute atomic E-state index is 12.3. The van der Waals surface area contributed by atoms with E-state index in [0.29, 0.717) is 11.4 Å². The fourth-order valence-corrected chi connectivity index (χ4v) is 2.89. The van der Waals surface area contributed by atoms with E-state index in [1.807, 2.05) is 6.07 Å². The van der Waals surface area contributed by atoms with Crippen LogP contribution in [0.4, 0.5) is 0 Å². The van der Waals surface area contributed by atoms with E-state index in [1.165, 1.54) is 25.4 Å². The summed E-state index contributed by atoms with van der Waals surface area (Å²) in [4.78, 5) is 27.7. The van der Waals surface area contributed by atoms with Gasteiger partial charge in [-0.15, -0.1) is 0 Å². The number of pyridine rings is 1. The Morgan fingerprint density at radius 1 is 1.27 bits per heavy atom. The van der Waals surface area contributed by atoms with Crippen molar-refractivity contribution in [2.75, 3.05) is 0 Å². The largest absolute Gasteiger partial charge is 0.474 e. The maximum atomic E-state index is 12.3. The SMILES string of the molecule is Cn1nc(C(=O)NC2CCC(Oc3ccc(C#N)cn3)CC2)ccc1=O. The summed E-state index contributed by atoms with van der Waals surface area (Å²) in [5.74, 6) is 0.226. The average molecular weight is 353 g/mol. The van der Waals surface area contributed by atoms with Gasteiger partial charge in [0.1, 0.15) is 17.9 Å². The van der Waals surface area contributed by atoms with Gasteiger partial charge < -0.3 is 10.1 Å². The van der Waals surface area contributed by atoms with Gasteiger partial charge in [0.2, 0.25) is 5.88 Å². The third-order valence-corrected chi connectivity index (χ3v) is 4.36. The molecule has 1 aliphatic rings. The molecule has 8 nitrogen and oxygen atoms in total. The van der Waals surface area contributed by atoms with Crippen LogP contribution in [0, 0.1) is 11.3 Å². The lowest BCUT2D eigenvalue weighted by molar-refractivity contribution is 0.0883. The molecule has 0 radical (unpaired) electrons. The highest BCUT2D eigenvalue weighted by Gasteiger charge is 2.24. The highest BCUT2D eigenvalue weighted by Crippen LogP contribution is 2.23. The predicted molar refractivity (Wildman–Crippen MR) is 92.6 cm³/mol. The normalized spacial score (nSPS) is 19.4. The Bertz CT molecular complexity index is 877. The lowest BCUT2D eigenvalue weighted by atomic mass is 9.93. The fourth-order valence-electron chi connectivity index (χ4n) is 2.89. The third-order valence-electron chi connectivity index (χ3n) is 4.36. The first kappa shape index (κ1) is 17.6. The molecule has 2 aromatic heterocycles. The minimum atomic E-state index is -0.279. The number of aromatic nitrogens is 3. The number of nitrogens with zero attached hydrogens (tertiary/aromatic N) is 4. The fraction of sp³-hybridized carbons (Fsp3) is 0.389. The lowest BCUT2D eigenvalue weighted by Crippen LogP contribution is -2.40. The third kappa shape index (κ3) is 4.25. The van der Waals surface area contributed by atoms with Crippen LogP contribution in [0.2, 0.25) is 0 Å². The van der Waals surface area contributed by atoms with E-state index in [2.05, 4.69) is 15.4 Å². The van der Waals surface area contributed by atoms with Gasteiger partial charge in [0.05, 0.1) is 5.56 Å². The Morgan fingerprint density at radius 3 is 2.65 bits per heavy atom. The van der Waals surface area contributed by atoms with Crippen molar-refractivity contribution in [2.45, 2.75) is 37.8 Å². The molecular formula is C18H19N5O3. The molecular weight excluding hydrogens is 334 g/mol. The molecule has 0 unspecified atom stereocenters. The number of hydrogen-bond acceptors (Lipinski definition) is 6. The van der Waals surface area contributed by atoms with Crippen molar-refractivity contribution >= 4 is 5.91 Å². The Kier molecular flexibility index (Phi) is 5.27. The monoisotopic (exact) mass is 353 g/mol. The van der Waals surface area contributed by atoms with Crippen LogP contribution in [0.3, 0.4) is 0 Å². The zero-order chi connectivity index (χ0) is 18.5. The van der Waals surface area contributed by atoms with Crippen molar-refractivity contribution < 1.29 is 9.53 Å². The number of carbonyl (C=O) groups is 1. The van der Waals surface area contributed by atoms with Gasteiger partial charge >= 0.3 is 0 Å². The van der Waals surface area contributed by atoms with Crippen LogP contribution < -0.4 is 15.6 Å². The molecule has 1 fully saturated rings. The smallest absolute Gasteiger partial charge is 0.271 e. The molecule has 0 aliphatic heterocycles. The summed E-state index contributed by atoms with van der Waals surface area (Å²) in [5.41, 5.74) is 0.471. The molecule has 0 aromatic carbocycles. The van der Waals surface area contributed by atoms with Gasteiger partial charge in [0.15, 0.2) is 0 Å². The van der Waals surface area contributed by atoms with E-state index in [0.717, 1.165) is 30.4 Å². The first-order valence-corrected chi connectivity index (χ1v) is 8.43. The van der Waals surface area contributed by atoms with E-state index in [9.17, 15) is 9.59 Å². The van der Waals surface area contributed by atoms with Gasteiger partial charge in [0, 0.05) is 31.4 Å². The predicted octanol–water partition coefficient (Wildman–Crippen LogP) is 1.17. The number of hydrogen-bond donors (Lipinski definition) is 1. The minimum absolute atomic E-state index is 0.0410. The van der Waals surface area contributed by atoms with E-state index < -0.39 is 0 Å². The standard InChI is InChI=1S/C18H19N5O3/c1-23-17(24)9-7-15(22-23)18(25)21-13-3-5-14(6-4-13)26-16-8-2-12(10-19)11-20-16/h2,7-9,11,13-14H,3-6H2,1H3,(H,21,25). The van der Waals surface area contributed by atoms with Crippen molar-refractivity contribution in [1.29, 1.82) is 5.26 Å². The molecule has 0 spiro atoms. The summed E-state index contributed by atoms with van der Waals surface area (Å²) in [6.45, 7) is 0. The van der Waals surface area contributed by atoms with Crippen LogP contribution in [-0.4, -0.2) is 32.8 Å². The van der Waals surface area contributed by atoms with Crippen LogP contribution in [0.25, 0.3) is 0 Å². The zero-order valence-corrected chi connectivity index (χ0v) is 14.4. The summed E-state index contributed by atoms with van der Waals surface area (Å²) in [5, 5.41) is 15.7. The van der Waals surface area contributed by atoms with Gasteiger partial charge in [0.25, 0.3) is 11.5 Å². The number of nitrogens with one attached hydrogen (secondary N) is 1. The second-order valence-electron chi connectivity index (χ2n) is 6.24. The van der Waals surface area contributed by atoms with E-state index in [1.54, 1.807) is 12.1 Å². The summed E-state index contributed by atoms with van der Waals surface area (Å²) < 4.78 is 6.98. The van der Waals surface area contributed by atoms with Gasteiger partial charge in [-0.3, -0.25) is 9.59 Å². The minimum Gasteiger partial charge on any atom is -0.474 e. The van der Waals surface area contributed by atoms with Gasteiger partial charge in [-0.2, -0.15) is 10.4 Å². The second-order valence-corrected chi connectivity index (χ2v) is 6.24. The summed E-state index contributed by atoms with van der Waals surface area (Å²) in [7, 11) is 1.51. The van der Waals surface area contributed by atoms with Gasteiger partial charge in [-0.25, -0.2) is 9.67 Å². The molecule has 1 amide bonds. The first-order chi connectivity index (χ1) is 12.5. The number of amides is 1. The maximum Gasteiger partial charge on any atom is 0.271 e. The van der Waals surface area contributed by atoms with E-state index in [4.69, 9.17) is 10.00 Å². The Balaban J connectivity index is 1.50. The Morgan fingerprint density at radius 2 is 2.04 bits per heavy atom. The van der Waals surface area contributed by atoms with Crippen molar-refractivity contribution in [3.63, 3.8) is 0 Å². The molecule has 2 aromatic rings. The number of nitriles is 1. The number of carbonyl (C=O) groups excluding carboxylic acids is 1. The van der Waals surface area contributed by atoms with Crippen LogP contribution in [0.5, 0.6) is 5.88 Å². The quantitative estimate of drug-likeness (QED) is 0.883. The topological polar surface area (TPSA) is 110 Å². The molecule has 0 bridgehead atoms. The summed E-state index contributed by atoms with van der Waals surface area (Å²) in [6, 6.07) is 8.20. The number of ether oxygens (including phenoxy) is 1. The van der Waals surface area contributed by atoms with Crippen molar-refractivity contribution in [3.05, 3.63) is 52.1 Å². The lowest BCUT2D eigenvalue weighted by Gasteiger charge is -2.29. The Hall–Kier alpha value is -3.21. The molecule has 0 saturated heterocycles. The van der Waals surface area contributed by atoms with Gasteiger partial charge in [-0.05, 0) is 37.8 Å². The van der Waals surface area contributed by atoms with Crippen LogP contribution in [-0.2, 0) is 7.05 Å². The summed E-state index contributed by atoms with van der Waals surface area (Å²) >= 11 is 0. The van der Waals surface area contributed by atoms with Gasteiger partial charge in [-0.1, -0.05) is 0 Å². The highest BCUT2D eigenvalue weighted by atomic mass is 16.5. The molecule has 0 atom stereocenters. The van der Waals surface area contributed by atoms with Crippen LogP contribution >= 0.6 is 0 Å². The van der Waals surface area contributed by atoms with Crippen molar-refractivity contribution in [2.24, 2.45) is 7.05 Å². The first-order valence-electron chi connectivity index (χ1n) is 8.43. The number of rotatable bonds is 4. The van der Waals surface area contributed by atoms with E-state index in [-0.39, 0.29) is 29.3 Å². The van der Waals surface area contributed by atoms with Crippen molar-refractivity contribution in [3.8, 4) is 11.9 Å². The second kappa shape index (κ2) is 7.78. The summed E-state index contributed by atoms with van der Waals surface area (Å²) in [6.07, 6.45) is 4.71. The molecule has 1 saturated carbocycles. The van der Waals surface area contributed by atoms with Crippen LogP contribution in [0.1, 0.15) is 41.7 Å². The van der Waals surface area contributed by atoms with E-state index >= 15 is 0 Å². The molecule has 1 aliphatic carbocycles. The molecule has 8 heteroatoms. The van der Waals surface area contributed by atoms with Crippen LogP contribution in [0.15, 0.2) is 35.3 Å². The molecule has 2 heterocycles. The Labute approximate surface area is 150 Å².